The highest BCUT2D eigenvalue weighted by Crippen LogP contribution is 1.96. The smallest absolute Gasteiger partial charge is 0.0946 e. The lowest BCUT2D eigenvalue weighted by atomic mass is 10.3. The predicted molar refractivity (Wildman–Crippen MR) is 23.0 cm³/mol. The van der Waals surface area contributed by atoms with Crippen molar-refractivity contribution in [2.45, 2.75) is 6.42 Å². The van der Waals surface area contributed by atoms with E-state index in [1.807, 2.05) is 6.08 Å². The van der Waals surface area contributed by atoms with Crippen LogP contribution in [0.1, 0.15) is 6.42 Å². The van der Waals surface area contributed by atoms with Gasteiger partial charge in [0.15, 0.2) is 0 Å². The average Bonchev–Trinajstić information content (AvgIpc) is 1.72. The van der Waals surface area contributed by atoms with Gasteiger partial charge in [-0.3, -0.25) is 0 Å². The fourth-order valence-electron chi connectivity index (χ4n) is 0.365. The summed E-state index contributed by atoms with van der Waals surface area (Å²) in [4.78, 5) is 0. The first-order valence-electron chi connectivity index (χ1n) is 1.97. The molecule has 1 rings (SSSR count). The molecule has 1 heterocycles. The van der Waals surface area contributed by atoms with Gasteiger partial charge < -0.3 is 4.74 Å². The Balaban J connectivity index is 2.26. The molecule has 1 aliphatic heterocycles. The second kappa shape index (κ2) is 1.85. The molecule has 0 unspecified atom stereocenters. The number of ether oxygens (including phenoxy) is 1. The van der Waals surface area contributed by atoms with E-state index < -0.39 is 0 Å². The lowest BCUT2D eigenvalue weighted by Gasteiger charge is -2.00. The molecule has 6 heavy (non-hydrogen) atoms. The Morgan fingerprint density at radius 1 is 1.67 bits per heavy atom. The zero-order valence-corrected chi connectivity index (χ0v) is 3.48. The second-order valence-electron chi connectivity index (χ2n) is 1.14. The second-order valence-corrected chi connectivity index (χ2v) is 1.14. The van der Waals surface area contributed by atoms with Crippen LogP contribution in [0.4, 0.5) is 0 Å². The average molecular weight is 82.1 g/mol. The zero-order chi connectivity index (χ0) is 4.24. The van der Waals surface area contributed by atoms with Crippen molar-refractivity contribution < 1.29 is 4.74 Å². The van der Waals surface area contributed by atoms with E-state index in [2.05, 4.69) is 6.42 Å². The Morgan fingerprint density at radius 2 is 2.67 bits per heavy atom. The largest absolute Gasteiger partial charge is 0.501 e. The van der Waals surface area contributed by atoms with Crippen molar-refractivity contribution in [1.82, 2.24) is 0 Å². The molecule has 0 amide bonds. The first kappa shape index (κ1) is 3.72. The van der Waals surface area contributed by atoms with Gasteiger partial charge in [-0.25, -0.2) is 0 Å². The van der Waals surface area contributed by atoms with Gasteiger partial charge in [0, 0.05) is 6.42 Å². The third-order valence-electron chi connectivity index (χ3n) is 0.640. The molecule has 0 atom stereocenters. The Bertz CT molecular complexity index is 49.0. The topological polar surface area (TPSA) is 9.23 Å². The standard InChI is InChI=1S/C5H6O/c1-2-4-6-5-3-1/h2,4H,1,5H2. The third kappa shape index (κ3) is 0.744. The van der Waals surface area contributed by atoms with Crippen molar-refractivity contribution in [2.75, 3.05) is 6.61 Å². The SMILES string of the molecule is [C]1CC=COC1. The molecule has 0 aliphatic carbocycles. The highest BCUT2D eigenvalue weighted by molar-refractivity contribution is 4.86. The predicted octanol–water partition coefficient (Wildman–Crippen LogP) is 1.00. The summed E-state index contributed by atoms with van der Waals surface area (Å²) < 4.78 is 4.78. The van der Waals surface area contributed by atoms with E-state index in [1.54, 1.807) is 6.26 Å². The summed E-state index contributed by atoms with van der Waals surface area (Å²) in [5.41, 5.74) is 0. The van der Waals surface area contributed by atoms with Crippen LogP contribution >= 0.6 is 0 Å². The lowest BCUT2D eigenvalue weighted by Crippen LogP contribution is -1.91. The van der Waals surface area contributed by atoms with Gasteiger partial charge in [-0.15, -0.1) is 0 Å². The van der Waals surface area contributed by atoms with Crippen LogP contribution in [0.2, 0.25) is 0 Å². The van der Waals surface area contributed by atoms with Crippen LogP contribution in [0.3, 0.4) is 0 Å². The van der Waals surface area contributed by atoms with Gasteiger partial charge in [0.05, 0.1) is 12.9 Å². The van der Waals surface area contributed by atoms with Gasteiger partial charge in [-0.2, -0.15) is 0 Å². The van der Waals surface area contributed by atoms with E-state index in [4.69, 9.17) is 4.74 Å². The molecule has 0 bridgehead atoms. The van der Waals surface area contributed by atoms with Crippen LogP contribution in [0.5, 0.6) is 0 Å². The van der Waals surface area contributed by atoms with Crippen LogP contribution in [-0.2, 0) is 4.74 Å². The molecular formula is C5H6O. The summed E-state index contributed by atoms with van der Waals surface area (Å²) in [6, 6.07) is 0. The summed E-state index contributed by atoms with van der Waals surface area (Å²) in [7, 11) is 0. The van der Waals surface area contributed by atoms with Crippen LogP contribution in [0, 0.1) is 6.42 Å². The van der Waals surface area contributed by atoms with Crippen LogP contribution < -0.4 is 0 Å². The normalized spacial score (nSPS) is 20.0. The molecule has 0 N–H and O–H groups in total. The molecule has 1 heteroatoms. The van der Waals surface area contributed by atoms with Gasteiger partial charge in [-0.05, 0) is 12.5 Å². The maximum atomic E-state index is 4.78. The van der Waals surface area contributed by atoms with E-state index >= 15 is 0 Å². The van der Waals surface area contributed by atoms with E-state index in [0.717, 1.165) is 6.42 Å². The molecule has 0 aromatic rings. The highest BCUT2D eigenvalue weighted by Gasteiger charge is 1.88. The first-order chi connectivity index (χ1) is 3.00. The van der Waals surface area contributed by atoms with Crippen LogP contribution in [0.25, 0.3) is 0 Å². The van der Waals surface area contributed by atoms with Gasteiger partial charge in [-0.1, -0.05) is 0 Å². The molecule has 0 aromatic carbocycles. The molecule has 1 nitrogen and oxygen atoms in total. The highest BCUT2D eigenvalue weighted by atomic mass is 16.5. The van der Waals surface area contributed by atoms with Gasteiger partial charge in [0.2, 0.25) is 0 Å². The fourth-order valence-corrected chi connectivity index (χ4v) is 0.365. The Labute approximate surface area is 37.6 Å². The summed E-state index contributed by atoms with van der Waals surface area (Å²) in [6.07, 6.45) is 7.56. The number of allylic oxidation sites excluding steroid dienone is 1. The summed E-state index contributed by atoms with van der Waals surface area (Å²) in [5.74, 6) is 0. The first-order valence-corrected chi connectivity index (χ1v) is 1.97. The molecule has 0 saturated carbocycles. The minimum atomic E-state index is 0.663. The fraction of sp³-hybridized carbons (Fsp3) is 0.400. The lowest BCUT2D eigenvalue weighted by molar-refractivity contribution is 0.265. The maximum Gasteiger partial charge on any atom is 0.0946 e. The minimum Gasteiger partial charge on any atom is -0.501 e. The molecule has 0 saturated heterocycles. The van der Waals surface area contributed by atoms with Crippen molar-refractivity contribution in [3.63, 3.8) is 0 Å². The molecule has 0 spiro atoms. The number of rotatable bonds is 0. The number of hydrogen-bond acceptors (Lipinski definition) is 1. The summed E-state index contributed by atoms with van der Waals surface area (Å²) in [6.45, 7) is 0.663. The zero-order valence-electron chi connectivity index (χ0n) is 3.48. The van der Waals surface area contributed by atoms with Gasteiger partial charge >= 0.3 is 0 Å². The molecule has 2 radical (unpaired) electrons. The molecular weight excluding hydrogens is 76.1 g/mol. The van der Waals surface area contributed by atoms with Crippen molar-refractivity contribution in [2.24, 2.45) is 0 Å². The van der Waals surface area contributed by atoms with Gasteiger partial charge in [0.25, 0.3) is 0 Å². The molecule has 0 aromatic heterocycles. The quantitative estimate of drug-likeness (QED) is 0.423. The Kier molecular flexibility index (Phi) is 1.15. The summed E-state index contributed by atoms with van der Waals surface area (Å²) in [5, 5.41) is 0. The molecule has 1 aliphatic rings. The molecule has 0 fully saturated rings. The van der Waals surface area contributed by atoms with Crippen LogP contribution in [0.15, 0.2) is 12.3 Å². The van der Waals surface area contributed by atoms with Crippen LogP contribution in [-0.4, -0.2) is 6.61 Å². The molecule has 32 valence electrons. The van der Waals surface area contributed by atoms with E-state index in [-0.39, 0.29) is 0 Å². The maximum absolute atomic E-state index is 4.78. The third-order valence-corrected chi connectivity index (χ3v) is 0.640. The van der Waals surface area contributed by atoms with Crippen molar-refractivity contribution in [1.29, 1.82) is 0 Å². The van der Waals surface area contributed by atoms with E-state index in [1.165, 1.54) is 0 Å². The minimum absolute atomic E-state index is 0.663. The van der Waals surface area contributed by atoms with E-state index in [0.29, 0.717) is 6.61 Å². The van der Waals surface area contributed by atoms with E-state index in [9.17, 15) is 0 Å². The van der Waals surface area contributed by atoms with Crippen molar-refractivity contribution >= 4 is 0 Å². The van der Waals surface area contributed by atoms with Crippen molar-refractivity contribution in [3.05, 3.63) is 18.8 Å². The monoisotopic (exact) mass is 82.0 g/mol. The van der Waals surface area contributed by atoms with Gasteiger partial charge in [0.1, 0.15) is 0 Å². The summed E-state index contributed by atoms with van der Waals surface area (Å²) >= 11 is 0. The Morgan fingerprint density at radius 3 is 2.83 bits per heavy atom. The van der Waals surface area contributed by atoms with Crippen molar-refractivity contribution in [3.8, 4) is 0 Å². The number of hydrogen-bond donors (Lipinski definition) is 0. The Hall–Kier alpha value is -0.460.